The topological polar surface area (TPSA) is 101 Å². The highest BCUT2D eigenvalue weighted by molar-refractivity contribution is 7.92. The van der Waals surface area contributed by atoms with E-state index in [-0.39, 0.29) is 11.7 Å². The number of nitrogens with one attached hydrogen (secondary N) is 2. The van der Waals surface area contributed by atoms with Crippen molar-refractivity contribution >= 4 is 27.3 Å². The molecule has 0 radical (unpaired) electrons. The molecule has 7 heteroatoms. The van der Waals surface area contributed by atoms with E-state index in [4.69, 9.17) is 5.73 Å². The minimum atomic E-state index is -3.28. The van der Waals surface area contributed by atoms with E-state index >= 15 is 0 Å². The molecule has 0 saturated carbocycles. The molecule has 1 unspecified atom stereocenters. The fourth-order valence-corrected chi connectivity index (χ4v) is 1.93. The van der Waals surface area contributed by atoms with Gasteiger partial charge in [-0.15, -0.1) is 0 Å². The Morgan fingerprint density at radius 2 is 1.74 bits per heavy atom. The van der Waals surface area contributed by atoms with Gasteiger partial charge in [-0.2, -0.15) is 0 Å². The summed E-state index contributed by atoms with van der Waals surface area (Å²) in [7, 11) is -3.28. The van der Waals surface area contributed by atoms with Crippen LogP contribution in [-0.2, 0) is 14.8 Å². The quantitative estimate of drug-likeness (QED) is 0.729. The summed E-state index contributed by atoms with van der Waals surface area (Å²) in [5, 5.41) is 2.66. The Labute approximate surface area is 113 Å². The van der Waals surface area contributed by atoms with Gasteiger partial charge in [-0.05, 0) is 37.6 Å². The third-order valence-electron chi connectivity index (χ3n) is 2.58. The van der Waals surface area contributed by atoms with Gasteiger partial charge in [-0.1, -0.05) is 6.92 Å². The Hall–Kier alpha value is -1.60. The highest BCUT2D eigenvalue weighted by Gasteiger charge is 2.11. The highest BCUT2D eigenvalue weighted by atomic mass is 32.2. The van der Waals surface area contributed by atoms with E-state index in [0.717, 1.165) is 0 Å². The summed E-state index contributed by atoms with van der Waals surface area (Å²) >= 11 is 0. The second kappa shape index (κ2) is 6.53. The zero-order chi connectivity index (χ0) is 14.5. The second-order valence-corrected chi connectivity index (χ2v) is 6.10. The SMILES string of the molecule is CCC(N)C(=O)Nc1ccc(NS(=O)(=O)CC)cc1. The summed E-state index contributed by atoms with van der Waals surface area (Å²) in [6.07, 6.45) is 0.556. The van der Waals surface area contributed by atoms with Crippen molar-refractivity contribution in [2.45, 2.75) is 26.3 Å². The van der Waals surface area contributed by atoms with Gasteiger partial charge in [0.2, 0.25) is 15.9 Å². The molecule has 0 saturated heterocycles. The smallest absolute Gasteiger partial charge is 0.241 e. The van der Waals surface area contributed by atoms with Crippen LogP contribution < -0.4 is 15.8 Å². The number of rotatable bonds is 6. The lowest BCUT2D eigenvalue weighted by molar-refractivity contribution is -0.117. The molecule has 1 rings (SSSR count). The lowest BCUT2D eigenvalue weighted by Gasteiger charge is -2.11. The molecule has 0 aliphatic rings. The maximum absolute atomic E-state index is 11.6. The maximum Gasteiger partial charge on any atom is 0.241 e. The van der Waals surface area contributed by atoms with Gasteiger partial charge >= 0.3 is 0 Å². The number of hydrogen-bond acceptors (Lipinski definition) is 4. The predicted octanol–water partition coefficient (Wildman–Crippen LogP) is 1.12. The highest BCUT2D eigenvalue weighted by Crippen LogP contribution is 2.15. The maximum atomic E-state index is 11.6. The van der Waals surface area contributed by atoms with Crippen molar-refractivity contribution in [1.82, 2.24) is 0 Å². The Morgan fingerprint density at radius 3 is 2.21 bits per heavy atom. The van der Waals surface area contributed by atoms with E-state index in [1.807, 2.05) is 6.92 Å². The summed E-state index contributed by atoms with van der Waals surface area (Å²) in [5.74, 6) is -0.249. The van der Waals surface area contributed by atoms with Crippen LogP contribution in [0, 0.1) is 0 Å². The fraction of sp³-hybridized carbons (Fsp3) is 0.417. The average molecular weight is 285 g/mol. The van der Waals surface area contributed by atoms with E-state index in [0.29, 0.717) is 17.8 Å². The molecule has 0 fully saturated rings. The third kappa shape index (κ3) is 4.88. The van der Waals surface area contributed by atoms with Crippen LogP contribution in [-0.4, -0.2) is 26.1 Å². The molecule has 0 spiro atoms. The van der Waals surface area contributed by atoms with Crippen molar-refractivity contribution in [1.29, 1.82) is 0 Å². The molecule has 6 nitrogen and oxygen atoms in total. The molecular weight excluding hydrogens is 266 g/mol. The first-order valence-corrected chi connectivity index (χ1v) is 7.70. The van der Waals surface area contributed by atoms with E-state index in [1.54, 1.807) is 31.2 Å². The van der Waals surface area contributed by atoms with Gasteiger partial charge in [0.1, 0.15) is 0 Å². The zero-order valence-corrected chi connectivity index (χ0v) is 11.8. The number of hydrogen-bond donors (Lipinski definition) is 3. The second-order valence-electron chi connectivity index (χ2n) is 4.09. The molecule has 4 N–H and O–H groups in total. The Bertz CT molecular complexity index is 526. The molecule has 0 bridgehead atoms. The van der Waals surface area contributed by atoms with E-state index in [1.165, 1.54) is 0 Å². The van der Waals surface area contributed by atoms with E-state index in [2.05, 4.69) is 10.0 Å². The van der Waals surface area contributed by atoms with Crippen molar-refractivity contribution in [2.24, 2.45) is 5.73 Å². The summed E-state index contributed by atoms with van der Waals surface area (Å²) < 4.78 is 25.1. The van der Waals surface area contributed by atoms with Gasteiger partial charge < -0.3 is 11.1 Å². The molecule has 0 aromatic heterocycles. The Kier molecular flexibility index (Phi) is 5.31. The van der Waals surface area contributed by atoms with Crippen LogP contribution >= 0.6 is 0 Å². The van der Waals surface area contributed by atoms with Crippen molar-refractivity contribution in [3.63, 3.8) is 0 Å². The van der Waals surface area contributed by atoms with Crippen molar-refractivity contribution in [3.8, 4) is 0 Å². The van der Waals surface area contributed by atoms with Gasteiger partial charge in [0.15, 0.2) is 0 Å². The Balaban J connectivity index is 2.69. The summed E-state index contributed by atoms with van der Waals surface area (Å²) in [5.41, 5.74) is 6.63. The van der Waals surface area contributed by atoms with Crippen LogP contribution in [0.1, 0.15) is 20.3 Å². The predicted molar refractivity (Wildman–Crippen MR) is 76.4 cm³/mol. The van der Waals surface area contributed by atoms with Crippen molar-refractivity contribution in [3.05, 3.63) is 24.3 Å². The van der Waals surface area contributed by atoms with Crippen molar-refractivity contribution in [2.75, 3.05) is 15.8 Å². The minimum Gasteiger partial charge on any atom is -0.325 e. The number of anilines is 2. The molecule has 0 heterocycles. The standard InChI is InChI=1S/C12H19N3O3S/c1-3-11(13)12(16)14-9-5-7-10(8-6-9)15-19(17,18)4-2/h5-8,11,15H,3-4,13H2,1-2H3,(H,14,16). The molecule has 0 aliphatic heterocycles. The monoisotopic (exact) mass is 285 g/mol. The van der Waals surface area contributed by atoms with Crippen molar-refractivity contribution < 1.29 is 13.2 Å². The molecule has 1 aromatic rings. The molecular formula is C12H19N3O3S. The van der Waals surface area contributed by atoms with Crippen LogP contribution in [0.2, 0.25) is 0 Å². The zero-order valence-electron chi connectivity index (χ0n) is 11.0. The lowest BCUT2D eigenvalue weighted by atomic mass is 10.2. The van der Waals surface area contributed by atoms with Gasteiger partial charge in [0.25, 0.3) is 0 Å². The van der Waals surface area contributed by atoms with Crippen LogP contribution in [0.3, 0.4) is 0 Å². The summed E-state index contributed by atoms with van der Waals surface area (Å²) in [4.78, 5) is 11.6. The largest absolute Gasteiger partial charge is 0.325 e. The summed E-state index contributed by atoms with van der Waals surface area (Å²) in [6, 6.07) is 5.86. The molecule has 19 heavy (non-hydrogen) atoms. The van der Waals surface area contributed by atoms with E-state index in [9.17, 15) is 13.2 Å². The molecule has 0 aliphatic carbocycles. The third-order valence-corrected chi connectivity index (χ3v) is 3.89. The first-order valence-electron chi connectivity index (χ1n) is 6.05. The molecule has 1 atom stereocenters. The number of benzene rings is 1. The van der Waals surface area contributed by atoms with Gasteiger partial charge in [0.05, 0.1) is 11.8 Å². The van der Waals surface area contributed by atoms with E-state index < -0.39 is 16.1 Å². The molecule has 106 valence electrons. The lowest BCUT2D eigenvalue weighted by Crippen LogP contribution is -2.34. The van der Waals surface area contributed by atoms with Gasteiger partial charge in [0, 0.05) is 11.4 Å². The van der Waals surface area contributed by atoms with Gasteiger partial charge in [-0.3, -0.25) is 9.52 Å². The number of nitrogens with two attached hydrogens (primary N) is 1. The number of carbonyl (C=O) groups excluding carboxylic acids is 1. The summed E-state index contributed by atoms with van der Waals surface area (Å²) in [6.45, 7) is 3.38. The fourth-order valence-electron chi connectivity index (χ4n) is 1.29. The van der Waals surface area contributed by atoms with Crippen LogP contribution in [0.15, 0.2) is 24.3 Å². The average Bonchev–Trinajstić information content (AvgIpc) is 2.39. The van der Waals surface area contributed by atoms with Crippen LogP contribution in [0.5, 0.6) is 0 Å². The molecule has 1 amide bonds. The molecule has 1 aromatic carbocycles. The first-order chi connectivity index (χ1) is 8.88. The van der Waals surface area contributed by atoms with Crippen LogP contribution in [0.4, 0.5) is 11.4 Å². The number of amides is 1. The number of carbonyl (C=O) groups is 1. The first kappa shape index (κ1) is 15.5. The minimum absolute atomic E-state index is 0.0108. The normalized spacial score (nSPS) is 12.8. The Morgan fingerprint density at radius 1 is 1.21 bits per heavy atom. The van der Waals surface area contributed by atoms with Gasteiger partial charge in [-0.25, -0.2) is 8.42 Å². The van der Waals surface area contributed by atoms with Crippen LogP contribution in [0.25, 0.3) is 0 Å². The number of sulfonamides is 1.